The van der Waals surface area contributed by atoms with E-state index in [1.165, 1.54) is 44.1 Å². The van der Waals surface area contributed by atoms with Crippen LogP contribution in [0.2, 0.25) is 0 Å². The summed E-state index contributed by atoms with van der Waals surface area (Å²) in [5, 5.41) is 4.73. The molecule has 0 unspecified atom stereocenters. The number of hydrogen-bond donors (Lipinski definition) is 0. The molecule has 0 amide bonds. The van der Waals surface area contributed by atoms with Crippen molar-refractivity contribution in [3.63, 3.8) is 0 Å². The van der Waals surface area contributed by atoms with E-state index in [9.17, 15) is 0 Å². The fraction of sp³-hybridized carbons (Fsp3) is 0.0270. The van der Waals surface area contributed by atoms with E-state index >= 15 is 0 Å². The summed E-state index contributed by atoms with van der Waals surface area (Å²) in [5.41, 5.74) is 14.2. The summed E-state index contributed by atoms with van der Waals surface area (Å²) >= 11 is 0. The van der Waals surface area contributed by atoms with Crippen LogP contribution in [0, 0.1) is 0 Å². The lowest BCUT2D eigenvalue weighted by Gasteiger charge is -2.12. The number of benzene rings is 5. The van der Waals surface area contributed by atoms with Crippen molar-refractivity contribution in [2.45, 2.75) is 6.42 Å². The smallest absolute Gasteiger partial charge is 0.146 e. The Morgan fingerprint density at radius 3 is 2.37 bits per heavy atom. The Kier molecular flexibility index (Phi) is 3.95. The first-order valence-corrected chi connectivity index (χ1v) is 14.1. The van der Waals surface area contributed by atoms with Gasteiger partial charge in [-0.25, -0.2) is 4.98 Å². The molecule has 190 valence electrons. The molecular weight excluding hydrogens is 500 g/mol. The van der Waals surface area contributed by atoms with E-state index in [2.05, 4.69) is 118 Å². The molecule has 4 heteroatoms. The van der Waals surface area contributed by atoms with Gasteiger partial charge >= 0.3 is 0 Å². The summed E-state index contributed by atoms with van der Waals surface area (Å²) in [6.07, 6.45) is 2.86. The Morgan fingerprint density at radius 1 is 0.585 bits per heavy atom. The first-order valence-electron chi connectivity index (χ1n) is 14.1. The molecule has 10 rings (SSSR count). The van der Waals surface area contributed by atoms with Crippen LogP contribution < -0.4 is 0 Å². The van der Waals surface area contributed by atoms with Crippen LogP contribution in [0.25, 0.3) is 77.1 Å². The van der Waals surface area contributed by atoms with Gasteiger partial charge in [0.15, 0.2) is 0 Å². The summed E-state index contributed by atoms with van der Waals surface area (Å²) in [6.45, 7) is 0. The summed E-state index contributed by atoms with van der Waals surface area (Å²) in [7, 11) is 0. The Bertz CT molecular complexity index is 2550. The van der Waals surface area contributed by atoms with Gasteiger partial charge in [-0.1, -0.05) is 66.7 Å². The monoisotopic (exact) mass is 522 g/mol. The summed E-state index contributed by atoms with van der Waals surface area (Å²) < 4.78 is 4.74. The van der Waals surface area contributed by atoms with E-state index in [1.807, 2.05) is 12.3 Å². The predicted molar refractivity (Wildman–Crippen MR) is 168 cm³/mol. The third-order valence-electron chi connectivity index (χ3n) is 8.92. The third kappa shape index (κ3) is 2.69. The molecule has 0 saturated carbocycles. The number of aromatic nitrogens is 4. The topological polar surface area (TPSA) is 35.1 Å². The molecular formula is C37H22N4. The Balaban J connectivity index is 1.47. The van der Waals surface area contributed by atoms with Crippen LogP contribution >= 0.6 is 0 Å². The molecule has 0 N–H and O–H groups in total. The maximum absolute atomic E-state index is 5.16. The van der Waals surface area contributed by atoms with Gasteiger partial charge < -0.3 is 4.57 Å². The molecule has 4 aromatic heterocycles. The van der Waals surface area contributed by atoms with Crippen LogP contribution in [0.3, 0.4) is 0 Å². The summed E-state index contributed by atoms with van der Waals surface area (Å²) in [5.74, 6) is 0. The Labute approximate surface area is 234 Å². The van der Waals surface area contributed by atoms with Crippen LogP contribution in [-0.4, -0.2) is 18.9 Å². The highest BCUT2D eigenvalue weighted by molar-refractivity contribution is 6.22. The van der Waals surface area contributed by atoms with Gasteiger partial charge in [-0.05, 0) is 71.6 Å². The minimum absolute atomic E-state index is 0.968. The maximum Gasteiger partial charge on any atom is 0.146 e. The van der Waals surface area contributed by atoms with E-state index < -0.39 is 0 Å². The van der Waals surface area contributed by atoms with Crippen LogP contribution in [0.1, 0.15) is 11.1 Å². The number of rotatable bonds is 1. The summed E-state index contributed by atoms with van der Waals surface area (Å²) in [6, 6.07) is 41.5. The van der Waals surface area contributed by atoms with Crippen molar-refractivity contribution in [3.05, 3.63) is 133 Å². The Hall–Kier alpha value is -5.48. The lowest BCUT2D eigenvalue weighted by Crippen LogP contribution is -1.96. The maximum atomic E-state index is 5.16. The molecule has 1 aliphatic rings. The first kappa shape index (κ1) is 21.4. The van der Waals surface area contributed by atoms with Crippen molar-refractivity contribution >= 4 is 60.3 Å². The van der Waals surface area contributed by atoms with Gasteiger partial charge in [-0.3, -0.25) is 9.38 Å². The van der Waals surface area contributed by atoms with Crippen LogP contribution in [-0.2, 0) is 6.42 Å². The van der Waals surface area contributed by atoms with Crippen molar-refractivity contribution in [1.82, 2.24) is 18.9 Å². The van der Waals surface area contributed by atoms with Gasteiger partial charge in [0.1, 0.15) is 5.65 Å². The van der Waals surface area contributed by atoms with E-state index in [0.29, 0.717) is 0 Å². The molecule has 1 aliphatic carbocycles. The SMILES string of the molecule is c1ccc(-n2c3cc4c(cc3c3ccc5c(c32)-c2ccccc2C5)c2nc3ccccc3n2c2cccnc42)cc1. The molecule has 0 atom stereocenters. The third-order valence-corrected chi connectivity index (χ3v) is 8.92. The molecule has 4 heterocycles. The number of hydrogen-bond acceptors (Lipinski definition) is 2. The zero-order valence-electron chi connectivity index (χ0n) is 22.0. The van der Waals surface area contributed by atoms with Gasteiger partial charge in [0.05, 0.1) is 33.1 Å². The standard InChI is InChI=1S/C37H22N4/c1-2-10-24(11-3-1)40-33-21-28-29(37-39-30-13-6-7-14-31(30)41(37)32-15-8-18-38-35(28)32)20-27(33)26-17-16-23-19-22-9-4-5-12-25(22)34(23)36(26)40/h1-18,20-21H,19H2. The Morgan fingerprint density at radius 2 is 1.41 bits per heavy atom. The average molecular weight is 523 g/mol. The molecule has 4 nitrogen and oxygen atoms in total. The van der Waals surface area contributed by atoms with E-state index in [0.717, 1.165) is 50.6 Å². The molecule has 9 aromatic rings. The fourth-order valence-corrected chi connectivity index (χ4v) is 7.22. The quantitative estimate of drug-likeness (QED) is 0.202. The molecule has 0 fully saturated rings. The second-order valence-corrected chi connectivity index (χ2v) is 11.0. The average Bonchev–Trinajstić information content (AvgIpc) is 3.70. The van der Waals surface area contributed by atoms with Crippen molar-refractivity contribution in [2.75, 3.05) is 0 Å². The van der Waals surface area contributed by atoms with Gasteiger partial charge in [-0.2, -0.15) is 0 Å². The highest BCUT2D eigenvalue weighted by Crippen LogP contribution is 2.46. The number of pyridine rings is 2. The number of imidazole rings is 1. The highest BCUT2D eigenvalue weighted by atomic mass is 15.0. The zero-order valence-corrected chi connectivity index (χ0v) is 22.0. The minimum Gasteiger partial charge on any atom is -0.309 e. The molecule has 0 radical (unpaired) electrons. The van der Waals surface area contributed by atoms with E-state index in [1.54, 1.807) is 0 Å². The zero-order chi connectivity index (χ0) is 26.7. The molecule has 0 saturated heterocycles. The number of para-hydroxylation sites is 3. The van der Waals surface area contributed by atoms with Crippen LogP contribution in [0.15, 0.2) is 121 Å². The molecule has 5 aromatic carbocycles. The van der Waals surface area contributed by atoms with Gasteiger partial charge in [0.25, 0.3) is 0 Å². The normalized spacial score (nSPS) is 12.8. The van der Waals surface area contributed by atoms with E-state index in [4.69, 9.17) is 9.97 Å². The van der Waals surface area contributed by atoms with Crippen LogP contribution in [0.5, 0.6) is 0 Å². The van der Waals surface area contributed by atoms with Crippen molar-refractivity contribution < 1.29 is 0 Å². The summed E-state index contributed by atoms with van der Waals surface area (Å²) in [4.78, 5) is 10.1. The fourth-order valence-electron chi connectivity index (χ4n) is 7.22. The largest absolute Gasteiger partial charge is 0.309 e. The second-order valence-electron chi connectivity index (χ2n) is 11.0. The van der Waals surface area contributed by atoms with Gasteiger partial charge in [0.2, 0.25) is 0 Å². The molecule has 0 spiro atoms. The number of fused-ring (bicyclic) bond motifs is 15. The molecule has 41 heavy (non-hydrogen) atoms. The van der Waals surface area contributed by atoms with E-state index in [-0.39, 0.29) is 0 Å². The molecule has 0 bridgehead atoms. The van der Waals surface area contributed by atoms with Gasteiger partial charge in [-0.15, -0.1) is 0 Å². The molecule has 0 aliphatic heterocycles. The van der Waals surface area contributed by atoms with Gasteiger partial charge in [0, 0.05) is 39.0 Å². The highest BCUT2D eigenvalue weighted by Gasteiger charge is 2.26. The first-order chi connectivity index (χ1) is 20.3. The van der Waals surface area contributed by atoms with Crippen molar-refractivity contribution in [3.8, 4) is 16.8 Å². The number of nitrogens with zero attached hydrogens (tertiary/aromatic N) is 4. The van der Waals surface area contributed by atoms with Crippen molar-refractivity contribution in [2.24, 2.45) is 0 Å². The minimum atomic E-state index is 0.968. The van der Waals surface area contributed by atoms with Crippen LogP contribution in [0.4, 0.5) is 0 Å². The second kappa shape index (κ2) is 7.58. The van der Waals surface area contributed by atoms with Crippen molar-refractivity contribution in [1.29, 1.82) is 0 Å². The lowest BCUT2D eigenvalue weighted by molar-refractivity contribution is 1.18. The predicted octanol–water partition coefficient (Wildman–Crippen LogP) is 8.86. The lowest BCUT2D eigenvalue weighted by atomic mass is 10.0.